The molecule has 66 valence electrons. The summed E-state index contributed by atoms with van der Waals surface area (Å²) >= 11 is 0. The van der Waals surface area contributed by atoms with Crippen molar-refractivity contribution >= 4 is 0 Å². The molecule has 1 rings (SSSR count). The summed E-state index contributed by atoms with van der Waals surface area (Å²) < 4.78 is 0. The van der Waals surface area contributed by atoms with E-state index in [1.54, 1.807) is 0 Å². The van der Waals surface area contributed by atoms with Gasteiger partial charge in [-0.05, 0) is 44.7 Å². The van der Waals surface area contributed by atoms with Crippen LogP contribution in [-0.2, 0) is 0 Å². The average molecular weight is 155 g/mol. The second-order valence-electron chi connectivity index (χ2n) is 4.51. The van der Waals surface area contributed by atoms with Crippen LogP contribution in [-0.4, -0.2) is 25.5 Å². The van der Waals surface area contributed by atoms with Gasteiger partial charge in [0.2, 0.25) is 0 Å². The van der Waals surface area contributed by atoms with E-state index in [2.05, 4.69) is 32.8 Å². The van der Waals surface area contributed by atoms with Crippen LogP contribution in [0.5, 0.6) is 0 Å². The summed E-state index contributed by atoms with van der Waals surface area (Å²) in [5.41, 5.74) is 0. The quantitative estimate of drug-likeness (QED) is 0.604. The molecule has 0 spiro atoms. The second-order valence-corrected chi connectivity index (χ2v) is 4.51. The highest BCUT2D eigenvalue weighted by Crippen LogP contribution is 2.39. The fraction of sp³-hybridized carbons (Fsp3) is 1.00. The lowest BCUT2D eigenvalue weighted by Gasteiger charge is -2.41. The van der Waals surface area contributed by atoms with E-state index in [1.165, 1.54) is 19.4 Å². The molecule has 0 aliphatic heterocycles. The second kappa shape index (κ2) is 3.57. The van der Waals surface area contributed by atoms with Gasteiger partial charge < -0.3 is 4.90 Å². The summed E-state index contributed by atoms with van der Waals surface area (Å²) in [6.07, 6.45) is 2.93. The summed E-state index contributed by atoms with van der Waals surface area (Å²) in [6.45, 7) is 6.00. The van der Waals surface area contributed by atoms with E-state index in [4.69, 9.17) is 0 Å². The van der Waals surface area contributed by atoms with E-state index in [9.17, 15) is 0 Å². The van der Waals surface area contributed by atoms with Crippen LogP contribution in [0, 0.1) is 17.8 Å². The van der Waals surface area contributed by atoms with Gasteiger partial charge >= 0.3 is 0 Å². The van der Waals surface area contributed by atoms with Gasteiger partial charge in [-0.15, -0.1) is 0 Å². The highest BCUT2D eigenvalue weighted by atomic mass is 15.1. The van der Waals surface area contributed by atoms with Gasteiger partial charge in [-0.3, -0.25) is 0 Å². The van der Waals surface area contributed by atoms with Crippen molar-refractivity contribution in [3.05, 3.63) is 0 Å². The molecule has 2 atom stereocenters. The van der Waals surface area contributed by atoms with Gasteiger partial charge in [0, 0.05) is 6.54 Å². The van der Waals surface area contributed by atoms with E-state index in [-0.39, 0.29) is 0 Å². The summed E-state index contributed by atoms with van der Waals surface area (Å²) in [4.78, 5) is 2.32. The van der Waals surface area contributed by atoms with E-state index in [0.29, 0.717) is 0 Å². The third-order valence-corrected chi connectivity index (χ3v) is 2.93. The molecule has 0 aromatic carbocycles. The van der Waals surface area contributed by atoms with E-state index >= 15 is 0 Å². The van der Waals surface area contributed by atoms with Crippen LogP contribution in [0.15, 0.2) is 0 Å². The van der Waals surface area contributed by atoms with Gasteiger partial charge in [-0.25, -0.2) is 0 Å². The fourth-order valence-corrected chi connectivity index (χ4v) is 2.17. The van der Waals surface area contributed by atoms with Crippen molar-refractivity contribution in [2.24, 2.45) is 17.8 Å². The van der Waals surface area contributed by atoms with E-state index in [0.717, 1.165) is 17.8 Å². The lowest BCUT2D eigenvalue weighted by molar-refractivity contribution is 0.0930. The first-order chi connectivity index (χ1) is 5.11. The van der Waals surface area contributed by atoms with Crippen molar-refractivity contribution in [2.75, 3.05) is 20.6 Å². The Morgan fingerprint density at radius 1 is 1.27 bits per heavy atom. The van der Waals surface area contributed by atoms with Gasteiger partial charge in [0.05, 0.1) is 0 Å². The van der Waals surface area contributed by atoms with Crippen molar-refractivity contribution in [1.29, 1.82) is 0 Å². The van der Waals surface area contributed by atoms with Gasteiger partial charge in [0.15, 0.2) is 0 Å². The van der Waals surface area contributed by atoms with Crippen molar-refractivity contribution in [1.82, 2.24) is 4.90 Å². The van der Waals surface area contributed by atoms with Crippen LogP contribution in [0.25, 0.3) is 0 Å². The Labute approximate surface area is 70.8 Å². The van der Waals surface area contributed by atoms with Crippen LogP contribution in [0.4, 0.5) is 0 Å². The molecule has 1 aliphatic carbocycles. The Morgan fingerprint density at radius 2 is 1.91 bits per heavy atom. The smallest absolute Gasteiger partial charge is 0.000631 e. The Balaban J connectivity index is 2.26. The van der Waals surface area contributed by atoms with Crippen LogP contribution < -0.4 is 0 Å². The monoisotopic (exact) mass is 155 g/mol. The van der Waals surface area contributed by atoms with Crippen LogP contribution >= 0.6 is 0 Å². The Kier molecular flexibility index (Phi) is 2.94. The standard InChI is InChI=1S/C10H21N/c1-8(2)10-6-5-9(10)7-11(3)4/h8-10H,5-7H2,1-4H3. The lowest BCUT2D eigenvalue weighted by Crippen LogP contribution is -2.37. The number of rotatable bonds is 3. The summed E-state index contributed by atoms with van der Waals surface area (Å²) in [5, 5.41) is 0. The molecule has 0 aromatic rings. The molecule has 0 amide bonds. The Morgan fingerprint density at radius 3 is 2.18 bits per heavy atom. The highest BCUT2D eigenvalue weighted by molar-refractivity contribution is 4.83. The van der Waals surface area contributed by atoms with Crippen molar-refractivity contribution in [3.8, 4) is 0 Å². The maximum atomic E-state index is 2.35. The fourth-order valence-electron chi connectivity index (χ4n) is 2.17. The predicted molar refractivity (Wildman–Crippen MR) is 49.6 cm³/mol. The van der Waals surface area contributed by atoms with Gasteiger partial charge in [-0.1, -0.05) is 13.8 Å². The molecule has 0 heterocycles. The molecular formula is C10H21N. The molecule has 0 bridgehead atoms. The summed E-state index contributed by atoms with van der Waals surface area (Å²) in [6, 6.07) is 0. The lowest BCUT2D eigenvalue weighted by atomic mass is 9.68. The zero-order valence-electron chi connectivity index (χ0n) is 8.30. The zero-order valence-corrected chi connectivity index (χ0v) is 8.30. The molecule has 2 unspecified atom stereocenters. The van der Waals surface area contributed by atoms with Crippen molar-refractivity contribution < 1.29 is 0 Å². The SMILES string of the molecule is CC(C)C1CCC1CN(C)C. The molecular weight excluding hydrogens is 134 g/mol. The number of hydrogen-bond donors (Lipinski definition) is 0. The number of hydrogen-bond acceptors (Lipinski definition) is 1. The molecule has 1 fully saturated rings. The topological polar surface area (TPSA) is 3.24 Å². The minimum atomic E-state index is 0.897. The first kappa shape index (κ1) is 9.05. The molecule has 11 heavy (non-hydrogen) atoms. The molecule has 1 aliphatic rings. The number of nitrogens with zero attached hydrogens (tertiary/aromatic N) is 1. The maximum Gasteiger partial charge on any atom is 0.000631 e. The van der Waals surface area contributed by atoms with Crippen LogP contribution in [0.3, 0.4) is 0 Å². The van der Waals surface area contributed by atoms with Crippen LogP contribution in [0.1, 0.15) is 26.7 Å². The molecule has 0 saturated heterocycles. The Hall–Kier alpha value is -0.0400. The third-order valence-electron chi connectivity index (χ3n) is 2.93. The van der Waals surface area contributed by atoms with Crippen molar-refractivity contribution in [2.45, 2.75) is 26.7 Å². The summed E-state index contributed by atoms with van der Waals surface area (Å²) in [7, 11) is 4.35. The highest BCUT2D eigenvalue weighted by Gasteiger charge is 2.32. The average Bonchev–Trinajstić information content (AvgIpc) is 1.78. The Bertz CT molecular complexity index is 118. The van der Waals surface area contributed by atoms with E-state index in [1.807, 2.05) is 0 Å². The van der Waals surface area contributed by atoms with Crippen molar-refractivity contribution in [3.63, 3.8) is 0 Å². The minimum Gasteiger partial charge on any atom is -0.309 e. The molecule has 0 N–H and O–H groups in total. The van der Waals surface area contributed by atoms with Crippen LogP contribution in [0.2, 0.25) is 0 Å². The predicted octanol–water partition coefficient (Wildman–Crippen LogP) is 2.23. The first-order valence-corrected chi connectivity index (χ1v) is 4.76. The zero-order chi connectivity index (χ0) is 8.43. The molecule has 0 aromatic heterocycles. The maximum absolute atomic E-state index is 2.35. The normalized spacial score (nSPS) is 31.1. The first-order valence-electron chi connectivity index (χ1n) is 4.76. The molecule has 1 heteroatoms. The molecule has 1 saturated carbocycles. The third kappa shape index (κ3) is 2.19. The molecule has 1 nitrogen and oxygen atoms in total. The summed E-state index contributed by atoms with van der Waals surface area (Å²) in [5.74, 6) is 2.90. The van der Waals surface area contributed by atoms with E-state index < -0.39 is 0 Å². The molecule has 0 radical (unpaired) electrons. The van der Waals surface area contributed by atoms with Gasteiger partial charge in [0.25, 0.3) is 0 Å². The largest absolute Gasteiger partial charge is 0.309 e. The van der Waals surface area contributed by atoms with Gasteiger partial charge in [0.1, 0.15) is 0 Å². The minimum absolute atomic E-state index is 0.897. The van der Waals surface area contributed by atoms with Gasteiger partial charge in [-0.2, -0.15) is 0 Å².